The summed E-state index contributed by atoms with van der Waals surface area (Å²) in [6.07, 6.45) is 3.39. The molecule has 4 N–H and O–H groups in total. The summed E-state index contributed by atoms with van der Waals surface area (Å²) >= 11 is 14.1. The molecule has 0 saturated heterocycles. The van der Waals surface area contributed by atoms with Crippen molar-refractivity contribution in [2.24, 2.45) is 0 Å². The van der Waals surface area contributed by atoms with E-state index in [0.29, 0.717) is 51.7 Å². The number of ether oxygens (including phenoxy) is 1. The van der Waals surface area contributed by atoms with Crippen molar-refractivity contribution in [3.63, 3.8) is 0 Å². The van der Waals surface area contributed by atoms with Gasteiger partial charge in [0.1, 0.15) is 17.9 Å². The second kappa shape index (κ2) is 11.4. The fourth-order valence-electron chi connectivity index (χ4n) is 3.95. The summed E-state index contributed by atoms with van der Waals surface area (Å²) in [6, 6.07) is 9.69. The summed E-state index contributed by atoms with van der Waals surface area (Å²) in [4.78, 5) is 8.91. The molecule has 1 atom stereocenters. The van der Waals surface area contributed by atoms with E-state index in [9.17, 15) is 9.65 Å². The van der Waals surface area contributed by atoms with Crippen LogP contribution < -0.4 is 21.6 Å². The highest BCUT2D eigenvalue weighted by Gasteiger charge is 2.24. The van der Waals surface area contributed by atoms with Crippen molar-refractivity contribution in [1.29, 1.82) is 5.26 Å². The van der Waals surface area contributed by atoms with Crippen LogP contribution in [0.1, 0.15) is 17.3 Å². The van der Waals surface area contributed by atoms with Crippen LogP contribution >= 0.6 is 34.5 Å². The Kier molecular flexibility index (Phi) is 7.78. The fraction of sp³-hybridized carbons (Fsp3) is 0.160. The van der Waals surface area contributed by atoms with E-state index in [1.807, 2.05) is 22.7 Å². The first-order valence-corrected chi connectivity index (χ1v) is 13.0. The van der Waals surface area contributed by atoms with Gasteiger partial charge in [-0.3, -0.25) is 9.99 Å². The Bertz CT molecular complexity index is 1540. The van der Waals surface area contributed by atoms with Crippen molar-refractivity contribution in [3.8, 4) is 6.07 Å². The molecule has 2 aromatic heterocycles. The largest absolute Gasteiger partial charge is 0.383 e. The highest BCUT2D eigenvalue weighted by atomic mass is 35.5. The van der Waals surface area contributed by atoms with E-state index in [1.165, 1.54) is 35.7 Å². The Balaban J connectivity index is 1.54. The minimum absolute atomic E-state index is 0.0381. The molecule has 38 heavy (non-hydrogen) atoms. The number of hydrogen-bond donors (Lipinski definition) is 4. The number of nitrogens with one attached hydrogen (secondary N) is 4. The molecular formula is C25H21Cl2FN8OS. The SMILES string of the molecule is COCCN1C=C([C@@H](Nc2cc(Cl)c3ncc(C#N)c(Nc4ccc(F)c(Cl)c4)c3c2)c2cscn2)NN1. The zero-order chi connectivity index (χ0) is 26.6. The van der Waals surface area contributed by atoms with Gasteiger partial charge in [-0.1, -0.05) is 23.2 Å². The summed E-state index contributed by atoms with van der Waals surface area (Å²) in [5.74, 6) is -0.537. The van der Waals surface area contributed by atoms with Crippen LogP contribution in [0.5, 0.6) is 0 Å². The zero-order valence-electron chi connectivity index (χ0n) is 19.9. The summed E-state index contributed by atoms with van der Waals surface area (Å²) in [5.41, 5.74) is 12.2. The average molecular weight is 571 g/mol. The van der Waals surface area contributed by atoms with Gasteiger partial charge in [-0.2, -0.15) is 5.26 Å². The first-order chi connectivity index (χ1) is 18.5. The normalized spacial score (nSPS) is 13.7. The van der Waals surface area contributed by atoms with Crippen LogP contribution in [0.15, 0.2) is 59.3 Å². The van der Waals surface area contributed by atoms with E-state index in [0.717, 1.165) is 11.4 Å². The number of thiazole rings is 1. The number of hydrogen-bond acceptors (Lipinski definition) is 10. The quantitative estimate of drug-likeness (QED) is 0.201. The molecule has 0 spiro atoms. The summed E-state index contributed by atoms with van der Waals surface area (Å²) in [6.45, 7) is 1.19. The molecular weight excluding hydrogens is 550 g/mol. The average Bonchev–Trinajstić information content (AvgIpc) is 3.61. The summed E-state index contributed by atoms with van der Waals surface area (Å²) < 4.78 is 18.9. The van der Waals surface area contributed by atoms with Crippen LogP contribution in [0.2, 0.25) is 10.0 Å². The van der Waals surface area contributed by atoms with E-state index >= 15 is 0 Å². The third kappa shape index (κ3) is 5.45. The Morgan fingerprint density at radius 3 is 2.79 bits per heavy atom. The van der Waals surface area contributed by atoms with Crippen LogP contribution in [0.4, 0.5) is 21.5 Å². The lowest BCUT2D eigenvalue weighted by Crippen LogP contribution is -2.39. The number of nitriles is 1. The van der Waals surface area contributed by atoms with E-state index in [2.05, 4.69) is 37.6 Å². The van der Waals surface area contributed by atoms with Gasteiger partial charge in [-0.15, -0.1) is 16.9 Å². The standard InChI is InChI=1S/C25H21Cl2FN8OS/c1-37-5-4-36-11-21(34-35-36)25(22-12-38-13-31-22)33-16-6-17-23(32-15-2-3-20(28)18(26)7-15)14(9-29)10-30-24(17)19(27)8-16/h2-3,6-8,10-13,25,33-35H,4-5H2,1H3,(H,30,32)/t25-/m1/s1. The number of anilines is 3. The minimum atomic E-state index is -0.537. The first-order valence-electron chi connectivity index (χ1n) is 11.3. The number of methoxy groups -OCH3 is 1. The lowest BCUT2D eigenvalue weighted by Gasteiger charge is -2.20. The number of fused-ring (bicyclic) bond motifs is 1. The van der Waals surface area contributed by atoms with Crippen molar-refractivity contribution in [3.05, 3.63) is 86.4 Å². The lowest BCUT2D eigenvalue weighted by molar-refractivity contribution is 0.148. The van der Waals surface area contributed by atoms with Gasteiger partial charge < -0.3 is 20.8 Å². The first kappa shape index (κ1) is 26.0. The highest BCUT2D eigenvalue weighted by Crippen LogP contribution is 2.37. The Morgan fingerprint density at radius 2 is 2.05 bits per heavy atom. The van der Waals surface area contributed by atoms with E-state index in [-0.39, 0.29) is 11.1 Å². The predicted molar refractivity (Wildman–Crippen MR) is 148 cm³/mol. The smallest absolute Gasteiger partial charge is 0.141 e. The van der Waals surface area contributed by atoms with Gasteiger partial charge in [0.2, 0.25) is 0 Å². The molecule has 0 radical (unpaired) electrons. The number of nitrogens with zero attached hydrogens (tertiary/aromatic N) is 4. The highest BCUT2D eigenvalue weighted by molar-refractivity contribution is 7.07. The second-order valence-electron chi connectivity index (χ2n) is 8.26. The molecule has 1 aliphatic rings. The van der Waals surface area contributed by atoms with E-state index < -0.39 is 5.82 Å². The molecule has 0 saturated carbocycles. The molecule has 0 unspecified atom stereocenters. The Labute approximate surface area is 231 Å². The summed E-state index contributed by atoms with van der Waals surface area (Å²) in [5, 5.41) is 21.3. The molecule has 3 heterocycles. The van der Waals surface area contributed by atoms with Gasteiger partial charge in [0, 0.05) is 41.6 Å². The maximum absolute atomic E-state index is 13.7. The maximum atomic E-state index is 13.7. The number of benzene rings is 2. The second-order valence-corrected chi connectivity index (χ2v) is 9.80. The van der Waals surface area contributed by atoms with Crippen molar-refractivity contribution in [1.82, 2.24) is 25.9 Å². The molecule has 194 valence electrons. The molecule has 13 heteroatoms. The number of pyridine rings is 1. The molecule has 9 nitrogen and oxygen atoms in total. The van der Waals surface area contributed by atoms with Gasteiger partial charge in [0.25, 0.3) is 0 Å². The van der Waals surface area contributed by atoms with Gasteiger partial charge in [0.15, 0.2) is 0 Å². The number of halogens is 3. The van der Waals surface area contributed by atoms with Crippen LogP contribution in [0.3, 0.4) is 0 Å². The molecule has 0 amide bonds. The molecule has 2 aromatic carbocycles. The van der Waals surface area contributed by atoms with Gasteiger partial charge in [0.05, 0.1) is 56.9 Å². The molecule has 5 rings (SSSR count). The Hall–Kier alpha value is -3.66. The van der Waals surface area contributed by atoms with Gasteiger partial charge in [-0.25, -0.2) is 9.37 Å². The summed E-state index contributed by atoms with van der Waals surface area (Å²) in [7, 11) is 1.65. The lowest BCUT2D eigenvalue weighted by atomic mass is 10.1. The molecule has 1 aliphatic heterocycles. The fourth-order valence-corrected chi connectivity index (χ4v) is 4.98. The predicted octanol–water partition coefficient (Wildman–Crippen LogP) is 5.72. The van der Waals surface area contributed by atoms with Crippen molar-refractivity contribution in [2.45, 2.75) is 6.04 Å². The number of hydrazine groups is 2. The third-order valence-electron chi connectivity index (χ3n) is 5.78. The van der Waals surface area contributed by atoms with Crippen molar-refractivity contribution < 1.29 is 9.13 Å². The molecule has 0 aliphatic carbocycles. The number of aromatic nitrogens is 2. The number of rotatable bonds is 9. The Morgan fingerprint density at radius 1 is 1.21 bits per heavy atom. The van der Waals surface area contributed by atoms with Gasteiger partial charge >= 0.3 is 0 Å². The molecule has 0 bridgehead atoms. The topological polar surface area (TPSA) is 110 Å². The van der Waals surface area contributed by atoms with Crippen molar-refractivity contribution >= 4 is 62.5 Å². The molecule has 0 fully saturated rings. The van der Waals surface area contributed by atoms with Gasteiger partial charge in [-0.05, 0) is 30.3 Å². The van der Waals surface area contributed by atoms with E-state index in [4.69, 9.17) is 27.9 Å². The maximum Gasteiger partial charge on any atom is 0.141 e. The van der Waals surface area contributed by atoms with E-state index in [1.54, 1.807) is 18.7 Å². The third-order valence-corrected chi connectivity index (χ3v) is 6.96. The minimum Gasteiger partial charge on any atom is -0.383 e. The molecule has 4 aromatic rings. The van der Waals surface area contributed by atoms with Crippen LogP contribution in [0, 0.1) is 17.1 Å². The van der Waals surface area contributed by atoms with Crippen molar-refractivity contribution in [2.75, 3.05) is 30.9 Å². The van der Waals surface area contributed by atoms with Crippen LogP contribution in [-0.4, -0.2) is 35.2 Å². The monoisotopic (exact) mass is 570 g/mol. The van der Waals surface area contributed by atoms with Crippen LogP contribution in [-0.2, 0) is 4.74 Å². The zero-order valence-corrected chi connectivity index (χ0v) is 22.3. The van der Waals surface area contributed by atoms with Crippen LogP contribution in [0.25, 0.3) is 10.9 Å².